The van der Waals surface area contributed by atoms with Gasteiger partial charge < -0.3 is 10.3 Å². The molecule has 0 bridgehead atoms. The van der Waals surface area contributed by atoms with Crippen molar-refractivity contribution in [1.82, 2.24) is 4.57 Å². The first kappa shape index (κ1) is 11.7. The molecule has 2 N–H and O–H groups in total. The van der Waals surface area contributed by atoms with Gasteiger partial charge in [-0.05, 0) is 42.0 Å². The number of hydrogen-bond acceptors (Lipinski definition) is 2. The van der Waals surface area contributed by atoms with Gasteiger partial charge in [-0.25, -0.2) is 0 Å². The molecular formula is C14H17N3. The van der Waals surface area contributed by atoms with Gasteiger partial charge in [0.05, 0.1) is 6.07 Å². The number of nitrogens with two attached hydrogens (primary N) is 1. The second-order valence-corrected chi connectivity index (χ2v) is 4.37. The van der Waals surface area contributed by atoms with Crippen LogP contribution in [0.15, 0.2) is 30.5 Å². The van der Waals surface area contributed by atoms with E-state index in [0.29, 0.717) is 6.54 Å². The molecule has 2 aromatic rings. The van der Waals surface area contributed by atoms with Gasteiger partial charge in [-0.15, -0.1) is 0 Å². The fourth-order valence-electron chi connectivity index (χ4n) is 2.04. The van der Waals surface area contributed by atoms with E-state index in [2.05, 4.69) is 31.2 Å². The van der Waals surface area contributed by atoms with Crippen molar-refractivity contribution in [2.45, 2.75) is 32.4 Å². The molecule has 1 unspecified atom stereocenters. The van der Waals surface area contributed by atoms with Crippen LogP contribution in [0.1, 0.15) is 18.9 Å². The highest BCUT2D eigenvalue weighted by Gasteiger charge is 2.04. The molecule has 3 heteroatoms. The summed E-state index contributed by atoms with van der Waals surface area (Å²) in [7, 11) is 0. The van der Waals surface area contributed by atoms with Crippen LogP contribution in [-0.4, -0.2) is 10.6 Å². The third-order valence-electron chi connectivity index (χ3n) is 3.10. The van der Waals surface area contributed by atoms with Crippen LogP contribution < -0.4 is 5.73 Å². The van der Waals surface area contributed by atoms with Crippen LogP contribution in [0.4, 0.5) is 0 Å². The monoisotopic (exact) mass is 227 g/mol. The molecule has 0 fully saturated rings. The van der Waals surface area contributed by atoms with Gasteiger partial charge in [0.2, 0.25) is 0 Å². The van der Waals surface area contributed by atoms with Crippen molar-refractivity contribution in [2.75, 3.05) is 0 Å². The molecule has 0 spiro atoms. The summed E-state index contributed by atoms with van der Waals surface area (Å²) in [5.74, 6) is 0. The first-order valence-corrected chi connectivity index (χ1v) is 5.95. The molecule has 0 aliphatic rings. The first-order chi connectivity index (χ1) is 8.24. The second kappa shape index (κ2) is 5.03. The molecule has 0 saturated heterocycles. The molecule has 17 heavy (non-hydrogen) atoms. The lowest BCUT2D eigenvalue weighted by molar-refractivity contribution is 0.647. The Morgan fingerprint density at radius 3 is 2.94 bits per heavy atom. The summed E-state index contributed by atoms with van der Waals surface area (Å²) in [5, 5.41) is 9.90. The Kier molecular flexibility index (Phi) is 3.46. The fourth-order valence-corrected chi connectivity index (χ4v) is 2.04. The topological polar surface area (TPSA) is 54.7 Å². The lowest BCUT2D eigenvalue weighted by Crippen LogP contribution is -2.21. The zero-order valence-electron chi connectivity index (χ0n) is 10.1. The van der Waals surface area contributed by atoms with Gasteiger partial charge in [-0.1, -0.05) is 13.0 Å². The molecule has 3 nitrogen and oxygen atoms in total. The Balaban J connectivity index is 2.30. The number of nitrogens with zero attached hydrogens (tertiary/aromatic N) is 2. The molecule has 2 rings (SSSR count). The van der Waals surface area contributed by atoms with Crippen LogP contribution >= 0.6 is 0 Å². The summed E-state index contributed by atoms with van der Waals surface area (Å²) in [4.78, 5) is 0. The predicted molar refractivity (Wildman–Crippen MR) is 69.5 cm³/mol. The van der Waals surface area contributed by atoms with Crippen LogP contribution in [0, 0.1) is 11.3 Å². The number of rotatable bonds is 4. The molecule has 0 radical (unpaired) electrons. The van der Waals surface area contributed by atoms with E-state index < -0.39 is 0 Å². The highest BCUT2D eigenvalue weighted by atomic mass is 14.9. The number of hydrogen-bond donors (Lipinski definition) is 1. The normalized spacial score (nSPS) is 12.5. The van der Waals surface area contributed by atoms with Crippen LogP contribution in [0.2, 0.25) is 0 Å². The van der Waals surface area contributed by atoms with E-state index in [0.717, 1.165) is 18.4 Å². The molecule has 0 amide bonds. The largest absolute Gasteiger partial charge is 0.334 e. The van der Waals surface area contributed by atoms with Gasteiger partial charge in [-0.3, -0.25) is 0 Å². The second-order valence-electron chi connectivity index (χ2n) is 4.37. The summed E-state index contributed by atoms with van der Waals surface area (Å²) in [6, 6.07) is 10.8. The maximum absolute atomic E-state index is 8.72. The maximum atomic E-state index is 8.72. The Morgan fingerprint density at radius 2 is 2.24 bits per heavy atom. The average molecular weight is 227 g/mol. The van der Waals surface area contributed by atoms with Gasteiger partial charge >= 0.3 is 0 Å². The van der Waals surface area contributed by atoms with E-state index in [1.165, 1.54) is 10.9 Å². The van der Waals surface area contributed by atoms with Crippen molar-refractivity contribution in [1.29, 1.82) is 5.26 Å². The lowest BCUT2D eigenvalue weighted by atomic mass is 10.0. The zero-order chi connectivity index (χ0) is 12.3. The summed E-state index contributed by atoms with van der Waals surface area (Å²) < 4.78 is 1.96. The maximum Gasteiger partial charge on any atom is 0.110 e. The van der Waals surface area contributed by atoms with Crippen molar-refractivity contribution in [3.8, 4) is 6.07 Å². The smallest absolute Gasteiger partial charge is 0.110 e. The van der Waals surface area contributed by atoms with E-state index in [1.807, 2.05) is 16.8 Å². The van der Waals surface area contributed by atoms with Crippen molar-refractivity contribution < 1.29 is 0 Å². The molecule has 0 aliphatic heterocycles. The third-order valence-corrected chi connectivity index (χ3v) is 3.10. The van der Waals surface area contributed by atoms with Gasteiger partial charge in [-0.2, -0.15) is 5.26 Å². The van der Waals surface area contributed by atoms with E-state index in [-0.39, 0.29) is 6.04 Å². The molecule has 1 atom stereocenters. The molecule has 88 valence electrons. The molecule has 1 aromatic carbocycles. The van der Waals surface area contributed by atoms with Gasteiger partial charge in [0, 0.05) is 17.8 Å². The lowest BCUT2D eigenvalue weighted by Gasteiger charge is -2.08. The minimum atomic E-state index is 0.230. The van der Waals surface area contributed by atoms with Crippen molar-refractivity contribution in [2.24, 2.45) is 5.73 Å². The first-order valence-electron chi connectivity index (χ1n) is 5.95. The SMILES string of the molecule is CCC(N)Cc1ccc2c(ccn2CC#N)c1. The predicted octanol–water partition coefficient (Wildman–Crippen LogP) is 2.44. The average Bonchev–Trinajstić information content (AvgIpc) is 2.72. The van der Waals surface area contributed by atoms with Crippen LogP contribution in [-0.2, 0) is 13.0 Å². The Hall–Kier alpha value is -1.79. The van der Waals surface area contributed by atoms with Crippen LogP contribution in [0.5, 0.6) is 0 Å². The van der Waals surface area contributed by atoms with Gasteiger partial charge in [0.25, 0.3) is 0 Å². The number of nitriles is 1. The quantitative estimate of drug-likeness (QED) is 0.872. The summed E-state index contributed by atoms with van der Waals surface area (Å²) in [5.41, 5.74) is 8.33. The standard InChI is InChI=1S/C14H17N3/c1-2-13(16)10-11-3-4-14-12(9-11)5-7-17(14)8-6-15/h3-5,7,9,13H,2,8,10,16H2,1H3. The minimum absolute atomic E-state index is 0.230. The Morgan fingerprint density at radius 1 is 1.41 bits per heavy atom. The number of fused-ring (bicyclic) bond motifs is 1. The van der Waals surface area contributed by atoms with E-state index in [4.69, 9.17) is 11.0 Å². The summed E-state index contributed by atoms with van der Waals surface area (Å²) in [6.07, 6.45) is 3.86. The third kappa shape index (κ3) is 2.48. The highest BCUT2D eigenvalue weighted by Crippen LogP contribution is 2.18. The van der Waals surface area contributed by atoms with E-state index >= 15 is 0 Å². The molecule has 1 aromatic heterocycles. The number of benzene rings is 1. The zero-order valence-corrected chi connectivity index (χ0v) is 10.1. The van der Waals surface area contributed by atoms with Gasteiger partial charge in [0.1, 0.15) is 6.54 Å². The van der Waals surface area contributed by atoms with Crippen molar-refractivity contribution >= 4 is 10.9 Å². The molecule has 0 aliphatic carbocycles. The van der Waals surface area contributed by atoms with Crippen molar-refractivity contribution in [3.05, 3.63) is 36.0 Å². The molecule has 0 saturated carbocycles. The van der Waals surface area contributed by atoms with E-state index in [1.54, 1.807) is 0 Å². The van der Waals surface area contributed by atoms with Crippen LogP contribution in [0.25, 0.3) is 10.9 Å². The van der Waals surface area contributed by atoms with Crippen molar-refractivity contribution in [3.63, 3.8) is 0 Å². The number of aromatic nitrogens is 1. The Labute approximate surface area is 101 Å². The van der Waals surface area contributed by atoms with E-state index in [9.17, 15) is 0 Å². The molecule has 1 heterocycles. The molecular weight excluding hydrogens is 210 g/mol. The Bertz CT molecular complexity index is 548. The minimum Gasteiger partial charge on any atom is -0.334 e. The van der Waals surface area contributed by atoms with Crippen LogP contribution in [0.3, 0.4) is 0 Å². The summed E-state index contributed by atoms with van der Waals surface area (Å²) >= 11 is 0. The van der Waals surface area contributed by atoms with Gasteiger partial charge in [0.15, 0.2) is 0 Å². The fraction of sp³-hybridized carbons (Fsp3) is 0.357. The summed E-state index contributed by atoms with van der Waals surface area (Å²) in [6.45, 7) is 2.50. The highest BCUT2D eigenvalue weighted by molar-refractivity contribution is 5.81.